The quantitative estimate of drug-likeness (QED) is 0.787. The highest BCUT2D eigenvalue weighted by atomic mass is 15.2. The summed E-state index contributed by atoms with van der Waals surface area (Å²) in [5.41, 5.74) is 3.26. The van der Waals surface area contributed by atoms with Gasteiger partial charge in [0.1, 0.15) is 0 Å². The molecular formula is C17H23N3. The van der Waals surface area contributed by atoms with Crippen molar-refractivity contribution in [2.24, 2.45) is 0 Å². The van der Waals surface area contributed by atoms with Gasteiger partial charge in [0.2, 0.25) is 0 Å². The van der Waals surface area contributed by atoms with Crippen LogP contribution in [0.5, 0.6) is 0 Å². The summed E-state index contributed by atoms with van der Waals surface area (Å²) in [6.45, 7) is 12.6. The Balaban J connectivity index is 1.87. The molecule has 1 aromatic rings. The maximum Gasteiger partial charge on any atom is 0.0991 e. The van der Waals surface area contributed by atoms with Gasteiger partial charge in [-0.25, -0.2) is 0 Å². The number of hydrogen-bond acceptors (Lipinski definition) is 3. The zero-order valence-electron chi connectivity index (χ0n) is 12.3. The topological polar surface area (TPSA) is 30.3 Å². The van der Waals surface area contributed by atoms with E-state index in [1.165, 1.54) is 17.6 Å². The first-order valence-electron chi connectivity index (χ1n) is 7.25. The van der Waals surface area contributed by atoms with Crippen LogP contribution < -0.4 is 0 Å². The van der Waals surface area contributed by atoms with Gasteiger partial charge in [0.15, 0.2) is 0 Å². The third-order valence-corrected chi connectivity index (χ3v) is 3.66. The van der Waals surface area contributed by atoms with E-state index in [1.807, 2.05) is 12.1 Å². The largest absolute Gasteiger partial charge is 0.298 e. The van der Waals surface area contributed by atoms with Crippen molar-refractivity contribution in [2.45, 2.75) is 19.9 Å². The molecule has 0 radical (unpaired) electrons. The second-order valence-electron chi connectivity index (χ2n) is 5.67. The number of hydrogen-bond donors (Lipinski definition) is 0. The van der Waals surface area contributed by atoms with Crippen LogP contribution in [0.15, 0.2) is 36.4 Å². The molecule has 2 rings (SSSR count). The van der Waals surface area contributed by atoms with Crippen LogP contribution in [0.25, 0.3) is 0 Å². The van der Waals surface area contributed by atoms with Crippen LogP contribution in [-0.4, -0.2) is 42.5 Å². The second kappa shape index (κ2) is 7.23. The third-order valence-electron chi connectivity index (χ3n) is 3.66. The average Bonchev–Trinajstić information content (AvgIpc) is 2.65. The van der Waals surface area contributed by atoms with E-state index in [9.17, 15) is 0 Å². The minimum atomic E-state index is 0.734. The van der Waals surface area contributed by atoms with Gasteiger partial charge in [0.05, 0.1) is 11.6 Å². The van der Waals surface area contributed by atoms with Crippen molar-refractivity contribution in [3.05, 3.63) is 47.5 Å². The average molecular weight is 269 g/mol. The molecular weight excluding hydrogens is 246 g/mol. The highest BCUT2D eigenvalue weighted by Crippen LogP contribution is 2.11. The van der Waals surface area contributed by atoms with Crippen LogP contribution in [0, 0.1) is 11.3 Å². The molecule has 0 N–H and O–H groups in total. The fourth-order valence-electron chi connectivity index (χ4n) is 2.67. The van der Waals surface area contributed by atoms with Crippen LogP contribution >= 0.6 is 0 Å². The van der Waals surface area contributed by atoms with Gasteiger partial charge in [-0.1, -0.05) is 24.3 Å². The standard InChI is InChI=1S/C17H23N3/c1-15(2)13-19-8-3-9-20(11-10-19)14-17-6-4-16(12-18)5-7-17/h4-7H,1,3,8-11,13-14H2,2H3. The van der Waals surface area contributed by atoms with Crippen LogP contribution in [0.2, 0.25) is 0 Å². The first-order valence-corrected chi connectivity index (χ1v) is 7.25. The second-order valence-corrected chi connectivity index (χ2v) is 5.67. The van der Waals surface area contributed by atoms with E-state index < -0.39 is 0 Å². The fraction of sp³-hybridized carbons (Fsp3) is 0.471. The Labute approximate surface area is 122 Å². The van der Waals surface area contributed by atoms with E-state index in [-0.39, 0.29) is 0 Å². The van der Waals surface area contributed by atoms with E-state index in [2.05, 4.69) is 41.5 Å². The lowest BCUT2D eigenvalue weighted by Crippen LogP contribution is -2.31. The van der Waals surface area contributed by atoms with Crippen LogP contribution in [0.4, 0.5) is 0 Å². The number of nitrogens with zero attached hydrogens (tertiary/aromatic N) is 3. The maximum absolute atomic E-state index is 8.82. The Bertz CT molecular complexity index is 484. The smallest absolute Gasteiger partial charge is 0.0991 e. The molecule has 1 aromatic carbocycles. The Morgan fingerprint density at radius 1 is 1.15 bits per heavy atom. The van der Waals surface area contributed by atoms with E-state index in [0.29, 0.717) is 0 Å². The van der Waals surface area contributed by atoms with E-state index in [1.54, 1.807) is 0 Å². The molecule has 0 saturated carbocycles. The van der Waals surface area contributed by atoms with Gasteiger partial charge in [-0.3, -0.25) is 9.80 Å². The predicted octanol–water partition coefficient (Wildman–Crippen LogP) is 2.64. The van der Waals surface area contributed by atoms with Crippen molar-refractivity contribution in [3.8, 4) is 6.07 Å². The Hall–Kier alpha value is -1.63. The van der Waals surface area contributed by atoms with Crippen molar-refractivity contribution in [3.63, 3.8) is 0 Å². The minimum absolute atomic E-state index is 0.734. The molecule has 0 amide bonds. The van der Waals surface area contributed by atoms with Gasteiger partial charge in [-0.15, -0.1) is 0 Å². The highest BCUT2D eigenvalue weighted by Gasteiger charge is 2.14. The van der Waals surface area contributed by atoms with E-state index >= 15 is 0 Å². The highest BCUT2D eigenvalue weighted by molar-refractivity contribution is 5.31. The summed E-state index contributed by atoms with van der Waals surface area (Å²) in [7, 11) is 0. The monoisotopic (exact) mass is 269 g/mol. The van der Waals surface area contributed by atoms with Crippen molar-refractivity contribution in [2.75, 3.05) is 32.7 Å². The van der Waals surface area contributed by atoms with Crippen molar-refractivity contribution in [1.29, 1.82) is 5.26 Å². The molecule has 3 heteroatoms. The van der Waals surface area contributed by atoms with Gasteiger partial charge in [0.25, 0.3) is 0 Å². The molecule has 1 fully saturated rings. The van der Waals surface area contributed by atoms with E-state index in [4.69, 9.17) is 5.26 Å². The summed E-state index contributed by atoms with van der Waals surface area (Å²) in [5, 5.41) is 8.82. The molecule has 3 nitrogen and oxygen atoms in total. The molecule has 0 bridgehead atoms. The van der Waals surface area contributed by atoms with Crippen LogP contribution in [0.1, 0.15) is 24.5 Å². The fourth-order valence-corrected chi connectivity index (χ4v) is 2.67. The Morgan fingerprint density at radius 3 is 2.45 bits per heavy atom. The zero-order chi connectivity index (χ0) is 14.4. The summed E-state index contributed by atoms with van der Waals surface area (Å²) in [5.74, 6) is 0. The lowest BCUT2D eigenvalue weighted by atomic mass is 10.1. The molecule has 0 atom stereocenters. The Kier molecular flexibility index (Phi) is 5.34. The summed E-state index contributed by atoms with van der Waals surface area (Å²) in [6.07, 6.45) is 1.21. The summed E-state index contributed by atoms with van der Waals surface area (Å²) in [6, 6.07) is 10.1. The maximum atomic E-state index is 8.82. The normalized spacial score (nSPS) is 17.4. The lowest BCUT2D eigenvalue weighted by molar-refractivity contribution is 0.260. The summed E-state index contributed by atoms with van der Waals surface area (Å²) < 4.78 is 0. The molecule has 0 aliphatic carbocycles. The molecule has 1 aliphatic heterocycles. The third kappa shape index (κ3) is 4.48. The predicted molar refractivity (Wildman–Crippen MR) is 82.3 cm³/mol. The van der Waals surface area contributed by atoms with Crippen molar-refractivity contribution >= 4 is 0 Å². The van der Waals surface area contributed by atoms with Crippen molar-refractivity contribution in [1.82, 2.24) is 9.80 Å². The molecule has 106 valence electrons. The zero-order valence-corrected chi connectivity index (χ0v) is 12.3. The van der Waals surface area contributed by atoms with Gasteiger partial charge in [-0.05, 0) is 44.1 Å². The molecule has 1 aliphatic rings. The molecule has 0 spiro atoms. The molecule has 1 heterocycles. The lowest BCUT2D eigenvalue weighted by Gasteiger charge is -2.21. The van der Waals surface area contributed by atoms with E-state index in [0.717, 1.165) is 44.8 Å². The van der Waals surface area contributed by atoms with Crippen LogP contribution in [0.3, 0.4) is 0 Å². The molecule has 1 saturated heterocycles. The molecule has 0 unspecified atom stereocenters. The Morgan fingerprint density at radius 2 is 1.80 bits per heavy atom. The summed E-state index contributed by atoms with van der Waals surface area (Å²) >= 11 is 0. The molecule has 0 aromatic heterocycles. The number of nitriles is 1. The first kappa shape index (κ1) is 14.8. The van der Waals surface area contributed by atoms with Crippen molar-refractivity contribution < 1.29 is 0 Å². The van der Waals surface area contributed by atoms with Gasteiger partial charge >= 0.3 is 0 Å². The van der Waals surface area contributed by atoms with Crippen LogP contribution in [-0.2, 0) is 6.54 Å². The number of benzene rings is 1. The molecule has 20 heavy (non-hydrogen) atoms. The van der Waals surface area contributed by atoms with Gasteiger partial charge in [-0.2, -0.15) is 5.26 Å². The minimum Gasteiger partial charge on any atom is -0.298 e. The SMILES string of the molecule is C=C(C)CN1CCCN(Cc2ccc(C#N)cc2)CC1. The summed E-state index contributed by atoms with van der Waals surface area (Å²) in [4.78, 5) is 4.99. The first-order chi connectivity index (χ1) is 9.67. The number of rotatable bonds is 4. The van der Waals surface area contributed by atoms with Gasteiger partial charge < -0.3 is 0 Å². The van der Waals surface area contributed by atoms with Gasteiger partial charge in [0, 0.05) is 26.2 Å².